The molecular weight excluding hydrogens is 160 g/mol. The molecule has 0 aliphatic carbocycles. The lowest BCUT2D eigenvalue weighted by atomic mass is 10.0. The maximum Gasteiger partial charge on any atom is 0.0629 e. The highest BCUT2D eigenvalue weighted by molar-refractivity contribution is 5.08. The highest BCUT2D eigenvalue weighted by Crippen LogP contribution is 2.12. The molecule has 1 atom stereocenters. The lowest BCUT2D eigenvalue weighted by molar-refractivity contribution is 0.512. The number of hydrogen-bond donors (Lipinski definition) is 0. The second-order valence-corrected chi connectivity index (χ2v) is 4.00. The van der Waals surface area contributed by atoms with E-state index < -0.39 is 0 Å². The van der Waals surface area contributed by atoms with E-state index in [0.29, 0.717) is 0 Å². The van der Waals surface area contributed by atoms with Gasteiger partial charge in [0.2, 0.25) is 0 Å². The summed E-state index contributed by atoms with van der Waals surface area (Å²) in [6.45, 7) is 6.63. The predicted octanol–water partition coefficient (Wildman–Crippen LogP) is 2.71. The molecular formula is C11H20N2. The molecule has 74 valence electrons. The molecule has 1 aromatic heterocycles. The molecule has 2 heteroatoms. The van der Waals surface area contributed by atoms with Crippen molar-refractivity contribution in [2.24, 2.45) is 13.0 Å². The van der Waals surface area contributed by atoms with Gasteiger partial charge in [0, 0.05) is 12.7 Å². The first-order valence-corrected chi connectivity index (χ1v) is 5.13. The molecule has 0 saturated carbocycles. The van der Waals surface area contributed by atoms with Crippen molar-refractivity contribution < 1.29 is 0 Å². The average Bonchev–Trinajstić information content (AvgIpc) is 2.31. The van der Waals surface area contributed by atoms with Crippen molar-refractivity contribution in [3.05, 3.63) is 17.5 Å². The Labute approximate surface area is 81.0 Å². The molecule has 1 aromatic rings. The largest absolute Gasteiger partial charge is 0.273 e. The number of hydrogen-bond acceptors (Lipinski definition) is 1. The van der Waals surface area contributed by atoms with Gasteiger partial charge in [-0.2, -0.15) is 5.10 Å². The van der Waals surface area contributed by atoms with E-state index in [1.807, 2.05) is 11.7 Å². The molecule has 1 rings (SSSR count). The van der Waals surface area contributed by atoms with E-state index in [-0.39, 0.29) is 0 Å². The van der Waals surface area contributed by atoms with Gasteiger partial charge in [0.1, 0.15) is 0 Å². The van der Waals surface area contributed by atoms with Gasteiger partial charge in [0.15, 0.2) is 0 Å². The fraction of sp³-hybridized carbons (Fsp3) is 0.727. The Morgan fingerprint density at radius 3 is 2.69 bits per heavy atom. The zero-order chi connectivity index (χ0) is 9.84. The van der Waals surface area contributed by atoms with E-state index in [2.05, 4.69) is 31.9 Å². The third kappa shape index (κ3) is 2.87. The molecule has 0 bridgehead atoms. The van der Waals surface area contributed by atoms with Crippen molar-refractivity contribution in [2.45, 2.75) is 40.0 Å². The van der Waals surface area contributed by atoms with Crippen LogP contribution >= 0.6 is 0 Å². The molecule has 0 aliphatic rings. The summed E-state index contributed by atoms with van der Waals surface area (Å²) in [7, 11) is 2.00. The average molecular weight is 180 g/mol. The summed E-state index contributed by atoms with van der Waals surface area (Å²) in [6.07, 6.45) is 3.69. The van der Waals surface area contributed by atoms with Crippen LogP contribution in [0.4, 0.5) is 0 Å². The summed E-state index contributed by atoms with van der Waals surface area (Å²) in [5.41, 5.74) is 2.49. The molecule has 1 unspecified atom stereocenters. The minimum absolute atomic E-state index is 0.763. The van der Waals surface area contributed by atoms with Crippen molar-refractivity contribution in [1.29, 1.82) is 0 Å². The van der Waals surface area contributed by atoms with Crippen LogP contribution in [-0.4, -0.2) is 9.78 Å². The van der Waals surface area contributed by atoms with Crippen LogP contribution in [0.2, 0.25) is 0 Å². The molecule has 0 fully saturated rings. The summed E-state index contributed by atoms with van der Waals surface area (Å²) >= 11 is 0. The van der Waals surface area contributed by atoms with E-state index in [1.165, 1.54) is 24.2 Å². The maximum absolute atomic E-state index is 4.45. The highest BCUT2D eigenvalue weighted by atomic mass is 15.3. The number of aryl methyl sites for hydroxylation is 2. The Balaban J connectivity index is 2.53. The molecule has 0 aromatic carbocycles. The van der Waals surface area contributed by atoms with Crippen molar-refractivity contribution >= 4 is 0 Å². The van der Waals surface area contributed by atoms with Gasteiger partial charge < -0.3 is 0 Å². The van der Waals surface area contributed by atoms with Gasteiger partial charge in [-0.05, 0) is 25.3 Å². The summed E-state index contributed by atoms with van der Waals surface area (Å²) in [5.74, 6) is 0.763. The molecule has 1 heterocycles. The van der Waals surface area contributed by atoms with Gasteiger partial charge in [-0.15, -0.1) is 0 Å². The van der Waals surface area contributed by atoms with Crippen LogP contribution < -0.4 is 0 Å². The second kappa shape index (κ2) is 4.45. The maximum atomic E-state index is 4.45. The number of nitrogens with zero attached hydrogens (tertiary/aromatic N) is 2. The van der Waals surface area contributed by atoms with Gasteiger partial charge in [-0.1, -0.05) is 26.7 Å². The fourth-order valence-corrected chi connectivity index (χ4v) is 1.69. The predicted molar refractivity (Wildman–Crippen MR) is 55.7 cm³/mol. The van der Waals surface area contributed by atoms with E-state index >= 15 is 0 Å². The molecule has 13 heavy (non-hydrogen) atoms. The highest BCUT2D eigenvalue weighted by Gasteiger charge is 2.06. The number of rotatable bonds is 4. The van der Waals surface area contributed by atoms with E-state index in [0.717, 1.165) is 12.3 Å². The monoisotopic (exact) mass is 180 g/mol. The lowest BCUT2D eigenvalue weighted by Gasteiger charge is -2.06. The normalized spacial score (nSPS) is 13.2. The van der Waals surface area contributed by atoms with Crippen molar-refractivity contribution in [2.75, 3.05) is 0 Å². The van der Waals surface area contributed by atoms with Gasteiger partial charge in [0.05, 0.1) is 5.69 Å². The summed E-state index contributed by atoms with van der Waals surface area (Å²) in [4.78, 5) is 0. The molecule has 0 spiro atoms. The Morgan fingerprint density at radius 2 is 2.23 bits per heavy atom. The minimum atomic E-state index is 0.763. The molecule has 0 N–H and O–H groups in total. The van der Waals surface area contributed by atoms with Crippen LogP contribution in [0.5, 0.6) is 0 Å². The van der Waals surface area contributed by atoms with Gasteiger partial charge in [0.25, 0.3) is 0 Å². The van der Waals surface area contributed by atoms with Crippen LogP contribution in [0.3, 0.4) is 0 Å². The van der Waals surface area contributed by atoms with Crippen molar-refractivity contribution in [1.82, 2.24) is 9.78 Å². The van der Waals surface area contributed by atoms with Crippen LogP contribution in [0.1, 0.15) is 38.1 Å². The summed E-state index contributed by atoms with van der Waals surface area (Å²) < 4.78 is 1.95. The zero-order valence-corrected chi connectivity index (χ0v) is 9.17. The van der Waals surface area contributed by atoms with Crippen LogP contribution in [-0.2, 0) is 13.5 Å². The van der Waals surface area contributed by atoms with Crippen LogP contribution in [0, 0.1) is 12.8 Å². The molecule has 0 radical (unpaired) electrons. The first kappa shape index (κ1) is 10.3. The summed E-state index contributed by atoms with van der Waals surface area (Å²) in [5, 5.41) is 4.45. The second-order valence-electron chi connectivity index (χ2n) is 4.00. The van der Waals surface area contributed by atoms with Gasteiger partial charge in [-0.25, -0.2) is 0 Å². The Hall–Kier alpha value is -0.790. The molecule has 2 nitrogen and oxygen atoms in total. The smallest absolute Gasteiger partial charge is 0.0629 e. The van der Waals surface area contributed by atoms with Crippen molar-refractivity contribution in [3.63, 3.8) is 0 Å². The lowest BCUT2D eigenvalue weighted by Crippen LogP contribution is -2.00. The van der Waals surface area contributed by atoms with Crippen LogP contribution in [0.15, 0.2) is 6.07 Å². The molecule has 0 aliphatic heterocycles. The zero-order valence-electron chi connectivity index (χ0n) is 9.17. The quantitative estimate of drug-likeness (QED) is 0.696. The van der Waals surface area contributed by atoms with Gasteiger partial charge in [-0.3, -0.25) is 4.68 Å². The Bertz CT molecular complexity index is 244. The standard InChI is InChI=1S/C11H20N2/c1-5-6-9(2)7-11-8-10(3)13(4)12-11/h8-9H,5-7H2,1-4H3. The van der Waals surface area contributed by atoms with Crippen LogP contribution in [0.25, 0.3) is 0 Å². The van der Waals surface area contributed by atoms with E-state index in [4.69, 9.17) is 0 Å². The SMILES string of the molecule is CCCC(C)Cc1cc(C)n(C)n1. The first-order chi connectivity index (χ1) is 6.13. The van der Waals surface area contributed by atoms with Gasteiger partial charge >= 0.3 is 0 Å². The third-order valence-electron chi connectivity index (χ3n) is 2.50. The van der Waals surface area contributed by atoms with Crippen molar-refractivity contribution in [3.8, 4) is 0 Å². The third-order valence-corrected chi connectivity index (χ3v) is 2.50. The topological polar surface area (TPSA) is 17.8 Å². The Kier molecular flexibility index (Phi) is 3.52. The number of aromatic nitrogens is 2. The van der Waals surface area contributed by atoms with E-state index in [9.17, 15) is 0 Å². The fourth-order valence-electron chi connectivity index (χ4n) is 1.69. The Morgan fingerprint density at radius 1 is 1.54 bits per heavy atom. The molecule has 0 amide bonds. The van der Waals surface area contributed by atoms with E-state index in [1.54, 1.807) is 0 Å². The molecule has 0 saturated heterocycles. The minimum Gasteiger partial charge on any atom is -0.273 e. The summed E-state index contributed by atoms with van der Waals surface area (Å²) in [6, 6.07) is 2.19. The first-order valence-electron chi connectivity index (χ1n) is 5.13.